The molecule has 6 aromatic heterocycles. The third-order valence-electron chi connectivity index (χ3n) is 6.37. The lowest BCUT2D eigenvalue weighted by atomic mass is 9.95. The lowest BCUT2D eigenvalue weighted by molar-refractivity contribution is -0.123. The van der Waals surface area contributed by atoms with Crippen molar-refractivity contribution in [3.8, 4) is 33.2 Å². The van der Waals surface area contributed by atoms with E-state index < -0.39 is 5.41 Å². The molecule has 3 N–H and O–H groups in total. The van der Waals surface area contributed by atoms with Crippen LogP contribution in [-0.4, -0.2) is 41.8 Å². The quantitative estimate of drug-likeness (QED) is 0.217. The van der Waals surface area contributed by atoms with Gasteiger partial charge in [-0.05, 0) is 49.4 Å². The van der Waals surface area contributed by atoms with Crippen LogP contribution in [0.2, 0.25) is 0 Å². The van der Waals surface area contributed by atoms with Gasteiger partial charge in [0.1, 0.15) is 11.2 Å². The van der Waals surface area contributed by atoms with E-state index in [0.29, 0.717) is 27.5 Å². The van der Waals surface area contributed by atoms with Gasteiger partial charge in [0.2, 0.25) is 5.91 Å². The number of nitrogens with one attached hydrogen (secondary N) is 3. The molecule has 0 fully saturated rings. The first-order valence-electron chi connectivity index (χ1n) is 12.4. The first-order chi connectivity index (χ1) is 18.7. The van der Waals surface area contributed by atoms with Crippen molar-refractivity contribution in [3.63, 3.8) is 0 Å². The summed E-state index contributed by atoms with van der Waals surface area (Å²) in [7, 11) is 0. The van der Waals surface area contributed by atoms with Crippen LogP contribution in [0.25, 0.3) is 55.2 Å². The minimum absolute atomic E-state index is 0.0374. The smallest absolute Gasteiger partial charge is 0.229 e. The highest BCUT2D eigenvalue weighted by molar-refractivity contribution is 7.17. The van der Waals surface area contributed by atoms with Gasteiger partial charge in [0.15, 0.2) is 5.78 Å². The summed E-state index contributed by atoms with van der Waals surface area (Å²) in [5, 5.41) is 11.5. The van der Waals surface area contributed by atoms with Gasteiger partial charge < -0.3 is 10.3 Å². The van der Waals surface area contributed by atoms with Gasteiger partial charge in [0.05, 0.1) is 44.2 Å². The second-order valence-corrected chi connectivity index (χ2v) is 11.4. The molecule has 0 saturated heterocycles. The maximum atomic E-state index is 12.5. The average Bonchev–Trinajstić information content (AvgIpc) is 3.65. The number of hydrogen-bond acceptors (Lipinski definition) is 7. The second-order valence-electron chi connectivity index (χ2n) is 10.4. The van der Waals surface area contributed by atoms with Crippen LogP contribution in [0.3, 0.4) is 0 Å². The lowest BCUT2D eigenvalue weighted by Gasteiger charge is -2.17. The second kappa shape index (κ2) is 9.25. The minimum atomic E-state index is -0.521. The first-order valence-corrected chi connectivity index (χ1v) is 13.2. The highest BCUT2D eigenvalue weighted by Crippen LogP contribution is 2.36. The molecule has 0 aliphatic heterocycles. The summed E-state index contributed by atoms with van der Waals surface area (Å²) in [6, 6.07) is 13.4. The number of carbonyl (C=O) groups is 2. The molecule has 0 atom stereocenters. The van der Waals surface area contributed by atoms with Gasteiger partial charge in [-0.1, -0.05) is 20.8 Å². The van der Waals surface area contributed by atoms with Crippen LogP contribution in [0.5, 0.6) is 0 Å². The fraction of sp³-hybridized carbons (Fsp3) is 0.172. The van der Waals surface area contributed by atoms with Gasteiger partial charge in [0.25, 0.3) is 0 Å². The molecule has 6 heterocycles. The number of nitrogens with zero attached hydrogens (tertiary/aromatic N) is 4. The lowest BCUT2D eigenvalue weighted by Crippen LogP contribution is -2.27. The van der Waals surface area contributed by atoms with Crippen molar-refractivity contribution in [1.29, 1.82) is 0 Å². The zero-order chi connectivity index (χ0) is 27.3. The Morgan fingerprint density at radius 1 is 0.974 bits per heavy atom. The number of fused-ring (bicyclic) bond motifs is 2. The van der Waals surface area contributed by atoms with Crippen molar-refractivity contribution in [3.05, 3.63) is 65.9 Å². The van der Waals surface area contributed by atoms with E-state index in [2.05, 4.69) is 30.5 Å². The Bertz CT molecular complexity index is 1890. The number of anilines is 1. The highest BCUT2D eigenvalue weighted by Gasteiger charge is 2.22. The Kier molecular flexibility index (Phi) is 5.84. The maximum absolute atomic E-state index is 12.5. The molecule has 10 heteroatoms. The summed E-state index contributed by atoms with van der Waals surface area (Å²) in [5.41, 5.74) is 6.25. The van der Waals surface area contributed by atoms with Crippen LogP contribution in [0.1, 0.15) is 37.4 Å². The fourth-order valence-corrected chi connectivity index (χ4v) is 5.16. The number of carbonyl (C=O) groups excluding carboxylic acids is 2. The predicted octanol–water partition coefficient (Wildman–Crippen LogP) is 6.48. The average molecular weight is 536 g/mol. The van der Waals surface area contributed by atoms with Crippen molar-refractivity contribution in [2.24, 2.45) is 5.41 Å². The monoisotopic (exact) mass is 535 g/mol. The zero-order valence-corrected chi connectivity index (χ0v) is 22.6. The number of H-pyrrole nitrogens is 2. The number of aromatic amines is 2. The largest absolute Gasteiger partial charge is 0.353 e. The topological polar surface area (TPSA) is 129 Å². The summed E-state index contributed by atoms with van der Waals surface area (Å²) in [5.74, 6) is -0.0508. The van der Waals surface area contributed by atoms with E-state index in [1.165, 1.54) is 11.3 Å². The van der Waals surface area contributed by atoms with Gasteiger partial charge >= 0.3 is 0 Å². The van der Waals surface area contributed by atoms with Crippen molar-refractivity contribution >= 4 is 50.7 Å². The van der Waals surface area contributed by atoms with E-state index in [1.807, 2.05) is 63.2 Å². The third-order valence-corrected chi connectivity index (χ3v) is 7.56. The SMILES string of the molecule is CC(=O)c1ccc(-c2nccc3[nH]c(-c4n[nH]c5ccc(-c6cncc(NC(=O)C(C)(C)C)c6)nc45)cc23)s1. The molecule has 0 aromatic carbocycles. The molecule has 9 nitrogen and oxygen atoms in total. The Hall–Kier alpha value is -4.70. The summed E-state index contributed by atoms with van der Waals surface area (Å²) in [4.78, 5) is 43.2. The molecule has 0 saturated carbocycles. The zero-order valence-electron chi connectivity index (χ0n) is 21.8. The van der Waals surface area contributed by atoms with Gasteiger partial charge in [-0.2, -0.15) is 5.10 Å². The molecular weight excluding hydrogens is 510 g/mol. The summed E-state index contributed by atoms with van der Waals surface area (Å²) in [6.07, 6.45) is 5.10. The van der Waals surface area contributed by atoms with E-state index in [0.717, 1.165) is 38.2 Å². The molecular formula is C29H25N7O2S. The van der Waals surface area contributed by atoms with Gasteiger partial charge in [-0.3, -0.25) is 24.7 Å². The van der Waals surface area contributed by atoms with Crippen molar-refractivity contribution in [2.75, 3.05) is 5.32 Å². The molecule has 0 bridgehead atoms. The third kappa shape index (κ3) is 4.59. The van der Waals surface area contributed by atoms with Crippen LogP contribution >= 0.6 is 11.3 Å². The molecule has 0 aliphatic carbocycles. The molecule has 6 aromatic rings. The van der Waals surface area contributed by atoms with Gasteiger partial charge in [0, 0.05) is 34.3 Å². The van der Waals surface area contributed by atoms with Crippen LogP contribution in [0.15, 0.2) is 61.1 Å². The molecule has 0 unspecified atom stereocenters. The maximum Gasteiger partial charge on any atom is 0.229 e. The fourth-order valence-electron chi connectivity index (χ4n) is 4.25. The Morgan fingerprint density at radius 2 is 1.82 bits per heavy atom. The van der Waals surface area contributed by atoms with E-state index in [9.17, 15) is 9.59 Å². The molecule has 194 valence electrons. The van der Waals surface area contributed by atoms with Crippen LogP contribution in [-0.2, 0) is 4.79 Å². The summed E-state index contributed by atoms with van der Waals surface area (Å²) >= 11 is 1.43. The number of ketones is 1. The molecule has 39 heavy (non-hydrogen) atoms. The number of aromatic nitrogens is 6. The van der Waals surface area contributed by atoms with E-state index >= 15 is 0 Å². The van der Waals surface area contributed by atoms with Crippen molar-refractivity contribution < 1.29 is 9.59 Å². The molecule has 6 rings (SSSR count). The number of thiophene rings is 1. The molecule has 0 aliphatic rings. The Balaban J connectivity index is 1.39. The van der Waals surface area contributed by atoms with E-state index in [1.54, 1.807) is 25.5 Å². The number of rotatable bonds is 5. The van der Waals surface area contributed by atoms with Crippen LogP contribution in [0, 0.1) is 5.41 Å². The van der Waals surface area contributed by atoms with Crippen molar-refractivity contribution in [2.45, 2.75) is 27.7 Å². The van der Waals surface area contributed by atoms with Crippen molar-refractivity contribution in [1.82, 2.24) is 30.1 Å². The van der Waals surface area contributed by atoms with Gasteiger partial charge in [-0.25, -0.2) is 4.98 Å². The predicted molar refractivity (Wildman–Crippen MR) is 154 cm³/mol. The highest BCUT2D eigenvalue weighted by atomic mass is 32.1. The molecule has 0 radical (unpaired) electrons. The molecule has 1 amide bonds. The number of amides is 1. The minimum Gasteiger partial charge on any atom is -0.353 e. The number of hydrogen-bond donors (Lipinski definition) is 3. The Labute approximate surface area is 227 Å². The van der Waals surface area contributed by atoms with Crippen LogP contribution in [0.4, 0.5) is 5.69 Å². The number of pyridine rings is 3. The van der Waals surface area contributed by atoms with Gasteiger partial charge in [-0.15, -0.1) is 11.3 Å². The van der Waals surface area contributed by atoms with E-state index in [4.69, 9.17) is 4.98 Å². The molecule has 0 spiro atoms. The number of Topliss-reactive ketones (excluding diaryl/α,β-unsaturated/α-hetero) is 1. The summed E-state index contributed by atoms with van der Waals surface area (Å²) in [6.45, 7) is 7.16. The van der Waals surface area contributed by atoms with Crippen LogP contribution < -0.4 is 5.32 Å². The summed E-state index contributed by atoms with van der Waals surface area (Å²) < 4.78 is 0. The first kappa shape index (κ1) is 24.6. The standard InChI is InChI=1S/C29H25N7O2S/c1-15(37)23-7-8-24(39-23)25-18-12-22(33-20(18)9-10-31-25)27-26-21(35-36-27)6-5-19(34-26)16-11-17(14-30-13-16)32-28(38)29(2,3)4/h5-14,33H,1-4H3,(H,32,38)(H,35,36). The Morgan fingerprint density at radius 3 is 2.59 bits per heavy atom. The van der Waals surface area contributed by atoms with E-state index in [-0.39, 0.29) is 11.7 Å². The normalized spacial score (nSPS) is 11.8.